The SMILES string of the molecule is CC(C)c1cc(OC2CCNC2)ncn1. The molecule has 0 radical (unpaired) electrons. The summed E-state index contributed by atoms with van der Waals surface area (Å²) in [6.45, 7) is 6.18. The monoisotopic (exact) mass is 207 g/mol. The molecule has 1 unspecified atom stereocenters. The van der Waals surface area contributed by atoms with Crippen molar-refractivity contribution < 1.29 is 4.74 Å². The molecule has 1 atom stereocenters. The van der Waals surface area contributed by atoms with E-state index in [1.54, 1.807) is 6.33 Å². The Kier molecular flexibility index (Phi) is 3.16. The molecule has 4 heteroatoms. The molecule has 0 spiro atoms. The average Bonchev–Trinajstić information content (AvgIpc) is 2.71. The summed E-state index contributed by atoms with van der Waals surface area (Å²) in [7, 11) is 0. The normalized spacial score (nSPS) is 20.9. The van der Waals surface area contributed by atoms with Crippen LogP contribution < -0.4 is 10.1 Å². The van der Waals surface area contributed by atoms with E-state index in [9.17, 15) is 0 Å². The van der Waals surface area contributed by atoms with E-state index in [-0.39, 0.29) is 6.10 Å². The van der Waals surface area contributed by atoms with Gasteiger partial charge >= 0.3 is 0 Å². The van der Waals surface area contributed by atoms with Crippen LogP contribution in [-0.2, 0) is 0 Å². The smallest absolute Gasteiger partial charge is 0.216 e. The van der Waals surface area contributed by atoms with Gasteiger partial charge < -0.3 is 10.1 Å². The number of nitrogens with zero attached hydrogens (tertiary/aromatic N) is 2. The Balaban J connectivity index is 2.04. The van der Waals surface area contributed by atoms with Gasteiger partial charge in [0.25, 0.3) is 0 Å². The molecule has 1 aliphatic rings. The molecule has 1 aliphatic heterocycles. The van der Waals surface area contributed by atoms with Crippen LogP contribution in [-0.4, -0.2) is 29.2 Å². The molecule has 4 nitrogen and oxygen atoms in total. The van der Waals surface area contributed by atoms with Gasteiger partial charge in [0.2, 0.25) is 5.88 Å². The maximum Gasteiger partial charge on any atom is 0.216 e. The Bertz CT molecular complexity index is 321. The van der Waals surface area contributed by atoms with E-state index in [0.29, 0.717) is 11.8 Å². The minimum Gasteiger partial charge on any atom is -0.473 e. The van der Waals surface area contributed by atoms with Crippen LogP contribution in [0.4, 0.5) is 0 Å². The Morgan fingerprint density at radius 3 is 3.00 bits per heavy atom. The average molecular weight is 207 g/mol. The highest BCUT2D eigenvalue weighted by atomic mass is 16.5. The van der Waals surface area contributed by atoms with Gasteiger partial charge in [-0.2, -0.15) is 0 Å². The number of hydrogen-bond donors (Lipinski definition) is 1. The maximum atomic E-state index is 5.75. The second kappa shape index (κ2) is 4.57. The lowest BCUT2D eigenvalue weighted by atomic mass is 10.1. The number of nitrogens with one attached hydrogen (secondary N) is 1. The minimum absolute atomic E-state index is 0.264. The van der Waals surface area contributed by atoms with Crippen molar-refractivity contribution in [3.8, 4) is 5.88 Å². The van der Waals surface area contributed by atoms with Crippen LogP contribution in [0.15, 0.2) is 12.4 Å². The standard InChI is InChI=1S/C11H17N3O/c1-8(2)10-5-11(14-7-13-10)15-9-3-4-12-6-9/h5,7-9,12H,3-4,6H2,1-2H3. The topological polar surface area (TPSA) is 47.0 Å². The Hall–Kier alpha value is -1.16. The predicted molar refractivity (Wildman–Crippen MR) is 58.0 cm³/mol. The fourth-order valence-electron chi connectivity index (χ4n) is 1.63. The molecular formula is C11H17N3O. The Morgan fingerprint density at radius 2 is 2.33 bits per heavy atom. The van der Waals surface area contributed by atoms with Crippen molar-refractivity contribution in [2.45, 2.75) is 32.3 Å². The van der Waals surface area contributed by atoms with E-state index in [1.807, 2.05) is 6.07 Å². The number of hydrogen-bond acceptors (Lipinski definition) is 4. The summed E-state index contributed by atoms with van der Waals surface area (Å²) in [6.07, 6.45) is 2.90. The summed E-state index contributed by atoms with van der Waals surface area (Å²) in [6, 6.07) is 1.93. The fraction of sp³-hybridized carbons (Fsp3) is 0.636. The first-order valence-electron chi connectivity index (χ1n) is 5.45. The summed E-state index contributed by atoms with van der Waals surface area (Å²) in [5.41, 5.74) is 1.03. The largest absolute Gasteiger partial charge is 0.473 e. The Morgan fingerprint density at radius 1 is 1.47 bits per heavy atom. The van der Waals surface area contributed by atoms with Crippen LogP contribution in [0.25, 0.3) is 0 Å². The van der Waals surface area contributed by atoms with Gasteiger partial charge in [-0.3, -0.25) is 0 Å². The summed E-state index contributed by atoms with van der Waals surface area (Å²) in [5, 5.41) is 3.26. The quantitative estimate of drug-likeness (QED) is 0.812. The van der Waals surface area contributed by atoms with E-state index >= 15 is 0 Å². The van der Waals surface area contributed by atoms with E-state index in [2.05, 4.69) is 29.1 Å². The van der Waals surface area contributed by atoms with Crippen LogP contribution in [0.3, 0.4) is 0 Å². The van der Waals surface area contributed by atoms with Gasteiger partial charge in [-0.25, -0.2) is 9.97 Å². The van der Waals surface area contributed by atoms with Crippen molar-refractivity contribution in [2.24, 2.45) is 0 Å². The van der Waals surface area contributed by atoms with Crippen molar-refractivity contribution in [1.29, 1.82) is 0 Å². The summed E-state index contributed by atoms with van der Waals surface area (Å²) in [5.74, 6) is 1.11. The maximum absolute atomic E-state index is 5.75. The molecule has 1 aromatic rings. The number of rotatable bonds is 3. The van der Waals surface area contributed by atoms with Crippen molar-refractivity contribution in [2.75, 3.05) is 13.1 Å². The van der Waals surface area contributed by atoms with Crippen molar-refractivity contribution in [3.63, 3.8) is 0 Å². The van der Waals surface area contributed by atoms with Crippen LogP contribution in [0, 0.1) is 0 Å². The van der Waals surface area contributed by atoms with Gasteiger partial charge in [-0.15, -0.1) is 0 Å². The molecule has 1 aromatic heterocycles. The molecule has 0 aliphatic carbocycles. The van der Waals surface area contributed by atoms with Crippen LogP contribution >= 0.6 is 0 Å². The zero-order chi connectivity index (χ0) is 10.7. The second-order valence-electron chi connectivity index (χ2n) is 4.17. The number of ether oxygens (including phenoxy) is 1. The zero-order valence-electron chi connectivity index (χ0n) is 9.23. The molecule has 0 amide bonds. The molecule has 1 saturated heterocycles. The molecule has 1 fully saturated rings. The second-order valence-corrected chi connectivity index (χ2v) is 4.17. The van der Waals surface area contributed by atoms with Crippen molar-refractivity contribution >= 4 is 0 Å². The highest BCUT2D eigenvalue weighted by Crippen LogP contribution is 2.17. The van der Waals surface area contributed by atoms with Gasteiger partial charge in [0, 0.05) is 12.6 Å². The minimum atomic E-state index is 0.264. The molecule has 2 rings (SSSR count). The van der Waals surface area contributed by atoms with E-state index < -0.39 is 0 Å². The lowest BCUT2D eigenvalue weighted by Gasteiger charge is -2.12. The van der Waals surface area contributed by atoms with Crippen molar-refractivity contribution in [1.82, 2.24) is 15.3 Å². The summed E-state index contributed by atoms with van der Waals surface area (Å²) < 4.78 is 5.75. The molecule has 15 heavy (non-hydrogen) atoms. The lowest BCUT2D eigenvalue weighted by Crippen LogP contribution is -2.20. The predicted octanol–water partition coefficient (Wildman–Crippen LogP) is 1.34. The highest BCUT2D eigenvalue weighted by Gasteiger charge is 2.16. The zero-order valence-corrected chi connectivity index (χ0v) is 9.23. The first-order chi connectivity index (χ1) is 7.25. The summed E-state index contributed by atoms with van der Waals surface area (Å²) in [4.78, 5) is 8.33. The van der Waals surface area contributed by atoms with Gasteiger partial charge in [0.15, 0.2) is 0 Å². The molecule has 1 N–H and O–H groups in total. The van der Waals surface area contributed by atoms with E-state index in [4.69, 9.17) is 4.74 Å². The van der Waals surface area contributed by atoms with Crippen molar-refractivity contribution in [3.05, 3.63) is 18.1 Å². The Labute approximate surface area is 90.1 Å². The molecule has 0 aromatic carbocycles. The lowest BCUT2D eigenvalue weighted by molar-refractivity contribution is 0.213. The number of aromatic nitrogens is 2. The van der Waals surface area contributed by atoms with Crippen LogP contribution in [0.5, 0.6) is 5.88 Å². The fourth-order valence-corrected chi connectivity index (χ4v) is 1.63. The molecular weight excluding hydrogens is 190 g/mol. The van der Waals surface area contributed by atoms with Crippen LogP contribution in [0.2, 0.25) is 0 Å². The molecule has 2 heterocycles. The highest BCUT2D eigenvalue weighted by molar-refractivity contribution is 5.16. The van der Waals surface area contributed by atoms with Gasteiger partial charge in [-0.05, 0) is 18.9 Å². The molecule has 0 bridgehead atoms. The summed E-state index contributed by atoms with van der Waals surface area (Å²) >= 11 is 0. The third-order valence-electron chi connectivity index (χ3n) is 2.56. The van der Waals surface area contributed by atoms with Crippen LogP contribution in [0.1, 0.15) is 31.9 Å². The van der Waals surface area contributed by atoms with Gasteiger partial charge in [-0.1, -0.05) is 13.8 Å². The molecule has 82 valence electrons. The van der Waals surface area contributed by atoms with Gasteiger partial charge in [0.05, 0.1) is 5.69 Å². The van der Waals surface area contributed by atoms with Gasteiger partial charge in [0.1, 0.15) is 12.4 Å². The van der Waals surface area contributed by atoms with E-state index in [1.165, 1.54) is 0 Å². The molecule has 0 saturated carbocycles. The first kappa shape index (κ1) is 10.4. The van der Waals surface area contributed by atoms with E-state index in [0.717, 1.165) is 25.2 Å². The third kappa shape index (κ3) is 2.65. The third-order valence-corrected chi connectivity index (χ3v) is 2.56. The first-order valence-corrected chi connectivity index (χ1v) is 5.45.